The lowest BCUT2D eigenvalue weighted by Crippen LogP contribution is -2.21. The van der Waals surface area contributed by atoms with E-state index in [4.69, 9.17) is 47.6 Å². The topological polar surface area (TPSA) is 267 Å². The van der Waals surface area contributed by atoms with E-state index in [-0.39, 0.29) is 57.3 Å². The number of amides is 6. The number of halogens is 2. The average molecular weight is 1140 g/mol. The molecule has 0 saturated carbocycles. The number of ether oxygens (including phenoxy) is 3. The van der Waals surface area contributed by atoms with Gasteiger partial charge in [-0.15, -0.1) is 0 Å². The Morgan fingerprint density at radius 3 is 1.42 bits per heavy atom. The summed E-state index contributed by atoms with van der Waals surface area (Å²) in [5, 5.41) is 35.6. The molecule has 0 aliphatic rings. The zero-order chi connectivity index (χ0) is 58.6. The summed E-state index contributed by atoms with van der Waals surface area (Å²) in [6, 6.07) is 32.4. The molecule has 4 heterocycles. The Hall–Kier alpha value is -9.31. The predicted molar refractivity (Wildman–Crippen MR) is 310 cm³/mol. The second-order valence-corrected chi connectivity index (χ2v) is 20.6. The van der Waals surface area contributed by atoms with Crippen LogP contribution in [0.1, 0.15) is 96.8 Å². The number of urea groups is 2. The van der Waals surface area contributed by atoms with Crippen molar-refractivity contribution < 1.29 is 43.3 Å². The van der Waals surface area contributed by atoms with E-state index in [1.807, 2.05) is 65.8 Å². The van der Waals surface area contributed by atoms with Crippen molar-refractivity contribution in [1.29, 1.82) is 0 Å². The number of hydrogen-bond acceptors (Lipinski definition) is 13. The third-order valence-electron chi connectivity index (χ3n) is 11.6. The first kappa shape index (κ1) is 59.4. The van der Waals surface area contributed by atoms with Gasteiger partial charge >= 0.3 is 18.0 Å². The van der Waals surface area contributed by atoms with E-state index >= 15 is 0 Å². The Morgan fingerprint density at radius 2 is 1.00 bits per heavy atom. The highest BCUT2D eigenvalue weighted by Gasteiger charge is 2.24. The van der Waals surface area contributed by atoms with Crippen molar-refractivity contribution >= 4 is 76.1 Å². The molecular weight excluding hydrogens is 1080 g/mol. The summed E-state index contributed by atoms with van der Waals surface area (Å²) in [5.41, 5.74) is 4.42. The molecule has 4 aromatic carbocycles. The van der Waals surface area contributed by atoms with Crippen LogP contribution in [-0.4, -0.2) is 85.2 Å². The fraction of sp³-hybridized carbons (Fsp3) is 0.224. The molecule has 420 valence electrons. The van der Waals surface area contributed by atoms with Gasteiger partial charge < -0.3 is 40.6 Å². The van der Waals surface area contributed by atoms with E-state index in [1.165, 1.54) is 38.6 Å². The molecule has 8 aromatic rings. The maximum absolute atomic E-state index is 13.1. The zero-order valence-electron chi connectivity index (χ0n) is 45.8. The van der Waals surface area contributed by atoms with Gasteiger partial charge in [-0.3, -0.25) is 30.2 Å². The number of carbonyl (C=O) groups is 5. The minimum Gasteiger partial charge on any atom is -0.462 e. The first-order chi connectivity index (χ1) is 38.5. The molecule has 0 radical (unpaired) electrons. The van der Waals surface area contributed by atoms with Crippen LogP contribution in [-0.2, 0) is 22.2 Å². The minimum absolute atomic E-state index is 0.112. The van der Waals surface area contributed by atoms with Gasteiger partial charge in [0.25, 0.3) is 11.8 Å². The maximum Gasteiger partial charge on any atom is 0.338 e. The van der Waals surface area contributed by atoms with E-state index in [2.05, 4.69) is 41.9 Å². The number of aromatic nitrogens is 6. The molecule has 0 fully saturated rings. The van der Waals surface area contributed by atoms with Crippen LogP contribution in [0.3, 0.4) is 0 Å². The Bertz CT molecular complexity index is 3610. The predicted octanol–water partition coefficient (Wildman–Crippen LogP) is 11.7. The number of nitrogens with zero attached hydrogens (tertiary/aromatic N) is 6. The molecule has 6 amide bonds. The molecule has 21 nitrogen and oxygen atoms in total. The van der Waals surface area contributed by atoms with Crippen LogP contribution < -0.4 is 41.4 Å². The number of aliphatic hydroxyl groups excluding tert-OH is 1. The fourth-order valence-electron chi connectivity index (χ4n) is 7.42. The van der Waals surface area contributed by atoms with Crippen molar-refractivity contribution in [1.82, 2.24) is 40.2 Å². The number of pyridine rings is 2. The number of aliphatic hydroxyl groups is 1. The summed E-state index contributed by atoms with van der Waals surface area (Å²) in [6.07, 6.45) is 2.93. The first-order valence-corrected chi connectivity index (χ1v) is 26.0. The van der Waals surface area contributed by atoms with Crippen LogP contribution in [0, 0.1) is 0 Å². The number of anilines is 4. The van der Waals surface area contributed by atoms with Crippen molar-refractivity contribution in [2.75, 3.05) is 42.0 Å². The van der Waals surface area contributed by atoms with Crippen molar-refractivity contribution in [2.24, 2.45) is 0 Å². The van der Waals surface area contributed by atoms with Crippen LogP contribution in [0.4, 0.5) is 32.6 Å². The summed E-state index contributed by atoms with van der Waals surface area (Å²) in [4.78, 5) is 70.0. The van der Waals surface area contributed by atoms with E-state index in [0.29, 0.717) is 62.9 Å². The number of esters is 1. The number of rotatable bonds is 15. The van der Waals surface area contributed by atoms with Crippen LogP contribution in [0.5, 0.6) is 23.0 Å². The van der Waals surface area contributed by atoms with Crippen molar-refractivity contribution in [3.05, 3.63) is 178 Å². The molecule has 4 aromatic heterocycles. The number of carbonyl (C=O) groups excluding carboxylic acids is 5. The number of nitrogens with one attached hydrogen (secondary N) is 6. The molecule has 23 heteroatoms. The second kappa shape index (κ2) is 26.1. The van der Waals surface area contributed by atoms with Gasteiger partial charge in [0.15, 0.2) is 0 Å². The van der Waals surface area contributed by atoms with E-state index in [0.717, 1.165) is 17.0 Å². The highest BCUT2D eigenvalue weighted by molar-refractivity contribution is 6.34. The molecule has 0 unspecified atom stereocenters. The van der Waals surface area contributed by atoms with E-state index in [1.54, 1.807) is 101 Å². The number of hydrogen-bond donors (Lipinski definition) is 7. The van der Waals surface area contributed by atoms with Gasteiger partial charge in [-0.05, 0) is 79.2 Å². The van der Waals surface area contributed by atoms with Gasteiger partial charge in [-0.25, -0.2) is 23.7 Å². The Labute approximate surface area is 477 Å². The second-order valence-electron chi connectivity index (χ2n) is 19.8. The molecule has 81 heavy (non-hydrogen) atoms. The highest BCUT2D eigenvalue weighted by Crippen LogP contribution is 2.34. The van der Waals surface area contributed by atoms with Gasteiger partial charge in [0, 0.05) is 73.7 Å². The van der Waals surface area contributed by atoms with Gasteiger partial charge in [-0.2, -0.15) is 10.2 Å². The third-order valence-corrected chi connectivity index (χ3v) is 12.2. The Balaban J connectivity index is 0.000000234. The van der Waals surface area contributed by atoms with Crippen molar-refractivity contribution in [3.8, 4) is 34.4 Å². The van der Waals surface area contributed by atoms with Crippen LogP contribution in [0.15, 0.2) is 134 Å². The molecule has 7 N–H and O–H groups in total. The highest BCUT2D eigenvalue weighted by atomic mass is 35.5. The quantitative estimate of drug-likeness (QED) is 0.0471. The van der Waals surface area contributed by atoms with E-state index in [9.17, 15) is 29.1 Å². The SMILES string of the molecule is CCOC(=O)c1cccc(-n2nc(C(C)(C)C)cc2NC(=O)Nc2ccc(Oc3ccnc(C(=O)NC)c3)cc2Cl)c1.CNC(=O)c1cc(Oc2ccc(NC(=O)Nc3cc(C(C)(C)C)nn3-c3cccc(CO)c3)c(Cl)c2)ccn1. The molecule has 0 bridgehead atoms. The summed E-state index contributed by atoms with van der Waals surface area (Å²) < 4.78 is 19.9. The third kappa shape index (κ3) is 15.7. The molecule has 0 spiro atoms. The minimum atomic E-state index is -0.557. The van der Waals surface area contributed by atoms with Gasteiger partial charge in [0.1, 0.15) is 46.0 Å². The summed E-state index contributed by atoms with van der Waals surface area (Å²) in [5.74, 6) is 1.33. The standard InChI is InChI=1S/C30H31ClN6O5.C28H29ClN6O4/c1-6-41-28(39)18-8-7-9-19(14-18)37-26(17-25(36-37)30(2,3)4)35-29(40)34-23-11-10-20(15-22(23)31)42-21-12-13-33-24(16-21)27(38)32-5;1-28(2,3)24-15-25(35(34-24)18-7-5-6-17(12-18)16-36)33-27(38)32-22-9-8-19(13-21(22)29)39-20-10-11-31-23(14-20)26(37)30-4/h7-17H,6H2,1-5H3,(H,32,38)(H2,34,35,40);5-15,36H,16H2,1-4H3,(H,30,37)(H2,32,33,38). The largest absolute Gasteiger partial charge is 0.462 e. The normalized spacial score (nSPS) is 11.1. The lowest BCUT2D eigenvalue weighted by Gasteiger charge is -2.14. The van der Waals surface area contributed by atoms with Crippen LogP contribution in [0.2, 0.25) is 10.0 Å². The van der Waals surface area contributed by atoms with Crippen LogP contribution >= 0.6 is 23.2 Å². The van der Waals surface area contributed by atoms with E-state index < -0.39 is 18.0 Å². The zero-order valence-corrected chi connectivity index (χ0v) is 47.3. The van der Waals surface area contributed by atoms with Gasteiger partial charge in [-0.1, -0.05) is 82.9 Å². The maximum atomic E-state index is 13.1. The molecule has 0 saturated heterocycles. The van der Waals surface area contributed by atoms with Gasteiger partial charge in [0.2, 0.25) is 0 Å². The van der Waals surface area contributed by atoms with Crippen LogP contribution in [0.25, 0.3) is 11.4 Å². The molecule has 8 rings (SSSR count). The lowest BCUT2D eigenvalue weighted by atomic mass is 9.92. The monoisotopic (exact) mass is 1140 g/mol. The molecular formula is C58H60Cl2N12O9. The molecule has 0 aliphatic carbocycles. The average Bonchev–Trinajstić information content (AvgIpc) is 4.13. The first-order valence-electron chi connectivity index (χ1n) is 25.2. The lowest BCUT2D eigenvalue weighted by molar-refractivity contribution is 0.0526. The Morgan fingerprint density at radius 1 is 0.556 bits per heavy atom. The molecule has 0 atom stereocenters. The summed E-state index contributed by atoms with van der Waals surface area (Å²) >= 11 is 12.9. The van der Waals surface area contributed by atoms with Crippen molar-refractivity contribution in [2.45, 2.75) is 65.9 Å². The molecule has 0 aliphatic heterocycles. The number of benzene rings is 4. The van der Waals surface area contributed by atoms with Crippen molar-refractivity contribution in [3.63, 3.8) is 0 Å². The summed E-state index contributed by atoms with van der Waals surface area (Å²) in [6.45, 7) is 14.0. The van der Waals surface area contributed by atoms with Gasteiger partial charge in [0.05, 0.1) is 63.0 Å². The summed E-state index contributed by atoms with van der Waals surface area (Å²) in [7, 11) is 3.03. The smallest absolute Gasteiger partial charge is 0.338 e. The Kier molecular flexibility index (Phi) is 19.1. The fourth-order valence-corrected chi connectivity index (χ4v) is 7.86.